The molecule has 2 heterocycles. The fourth-order valence-electron chi connectivity index (χ4n) is 2.69. The van der Waals surface area contributed by atoms with Gasteiger partial charge in [0.2, 0.25) is 0 Å². The largest absolute Gasteiger partial charge is 0.513 e. The molecule has 0 amide bonds. The van der Waals surface area contributed by atoms with Crippen molar-refractivity contribution in [2.24, 2.45) is 0 Å². The summed E-state index contributed by atoms with van der Waals surface area (Å²) in [5, 5.41) is 9.65. The second-order valence-corrected chi connectivity index (χ2v) is 5.83. The summed E-state index contributed by atoms with van der Waals surface area (Å²) in [5.74, 6) is 0.654. The van der Waals surface area contributed by atoms with Crippen LogP contribution in [0.1, 0.15) is 12.5 Å². The number of para-hydroxylation sites is 2. The minimum absolute atomic E-state index is 0.0660. The first kappa shape index (κ1) is 15.4. The number of hydrogen-bond acceptors (Lipinski definition) is 6. The van der Waals surface area contributed by atoms with Crippen molar-refractivity contribution in [1.82, 2.24) is 14.9 Å². The van der Waals surface area contributed by atoms with Gasteiger partial charge in [-0.1, -0.05) is 12.1 Å². The molecule has 1 aliphatic rings. The number of hydrogen-bond donors (Lipinski definition) is 1. The van der Waals surface area contributed by atoms with Crippen molar-refractivity contribution in [2.75, 3.05) is 38.1 Å². The maximum atomic E-state index is 12.6. The number of benzene rings is 1. The van der Waals surface area contributed by atoms with Crippen LogP contribution in [-0.4, -0.2) is 53.2 Å². The van der Waals surface area contributed by atoms with Crippen LogP contribution in [0.4, 0.5) is 5.82 Å². The summed E-state index contributed by atoms with van der Waals surface area (Å²) in [4.78, 5) is 25.7. The number of aliphatic hydroxyl groups excluding tert-OH is 1. The zero-order chi connectivity index (χ0) is 16.4. The van der Waals surface area contributed by atoms with Crippen LogP contribution in [0, 0.1) is 0 Å². The van der Waals surface area contributed by atoms with E-state index < -0.39 is 0 Å². The second kappa shape index (κ2) is 6.34. The van der Waals surface area contributed by atoms with E-state index in [1.807, 2.05) is 18.2 Å². The molecule has 0 bridgehead atoms. The number of aromatic nitrogens is 2. The molecule has 6 heteroatoms. The maximum absolute atomic E-state index is 12.6. The van der Waals surface area contributed by atoms with Gasteiger partial charge in [-0.05, 0) is 32.2 Å². The smallest absolute Gasteiger partial charge is 0.281 e. The Hall–Kier alpha value is -2.47. The zero-order valence-corrected chi connectivity index (χ0v) is 13.4. The number of likely N-dealkylation sites (N-methyl/N-ethyl adjacent to an activating group) is 1. The fraction of sp³-hybridized carbons (Fsp3) is 0.353. The van der Waals surface area contributed by atoms with E-state index in [1.165, 1.54) is 6.08 Å². The standard InChI is InChI=1S/C17H20N4O2/c1-12(22)11-13-16(21-9-7-20(2)8-10-21)18-14-5-3-4-6-15(14)19-17(13)23/h3-6,11,22H,7-10H2,1-2H3/b12-11-. The van der Waals surface area contributed by atoms with E-state index in [2.05, 4.69) is 26.8 Å². The third-order valence-electron chi connectivity index (χ3n) is 3.96. The molecule has 6 nitrogen and oxygen atoms in total. The molecule has 2 aromatic rings. The molecule has 0 saturated carbocycles. The average Bonchev–Trinajstić information content (AvgIpc) is 2.65. The molecule has 1 aromatic carbocycles. The normalized spacial score (nSPS) is 16.8. The van der Waals surface area contributed by atoms with Crippen LogP contribution in [0.15, 0.2) is 34.8 Å². The van der Waals surface area contributed by atoms with Crippen LogP contribution in [0.5, 0.6) is 0 Å². The first-order valence-electron chi connectivity index (χ1n) is 7.66. The Bertz CT molecular complexity index is 807. The lowest BCUT2D eigenvalue weighted by Gasteiger charge is -2.33. The molecule has 1 aliphatic heterocycles. The van der Waals surface area contributed by atoms with Gasteiger partial charge in [0.05, 0.1) is 22.4 Å². The van der Waals surface area contributed by atoms with Gasteiger partial charge in [-0.15, -0.1) is 0 Å². The van der Waals surface area contributed by atoms with Gasteiger partial charge in [-0.2, -0.15) is 0 Å². The molecule has 1 saturated heterocycles. The highest BCUT2D eigenvalue weighted by molar-refractivity contribution is 5.77. The molecule has 23 heavy (non-hydrogen) atoms. The summed E-state index contributed by atoms with van der Waals surface area (Å²) in [6.45, 7) is 4.92. The highest BCUT2D eigenvalue weighted by atomic mass is 16.3. The molecule has 0 unspecified atom stereocenters. The molecule has 0 spiro atoms. The van der Waals surface area contributed by atoms with Crippen molar-refractivity contribution in [3.8, 4) is 0 Å². The molecule has 0 aliphatic carbocycles. The van der Waals surface area contributed by atoms with Crippen molar-refractivity contribution < 1.29 is 5.11 Å². The highest BCUT2D eigenvalue weighted by Gasteiger charge is 2.20. The summed E-state index contributed by atoms with van der Waals surface area (Å²) in [6.07, 6.45) is 1.45. The monoisotopic (exact) mass is 312 g/mol. The van der Waals surface area contributed by atoms with Crippen LogP contribution >= 0.6 is 0 Å². The minimum Gasteiger partial charge on any atom is -0.513 e. The van der Waals surface area contributed by atoms with Gasteiger partial charge in [0.1, 0.15) is 5.82 Å². The summed E-state index contributed by atoms with van der Waals surface area (Å²) in [6, 6.07) is 7.33. The predicted octanol–water partition coefficient (Wildman–Crippen LogP) is 1.66. The summed E-state index contributed by atoms with van der Waals surface area (Å²) in [5.41, 5.74) is 1.20. The van der Waals surface area contributed by atoms with Gasteiger partial charge < -0.3 is 14.9 Å². The Labute approximate surface area is 134 Å². The average molecular weight is 312 g/mol. The zero-order valence-electron chi connectivity index (χ0n) is 13.4. The molecular weight excluding hydrogens is 292 g/mol. The lowest BCUT2D eigenvalue weighted by atomic mass is 10.2. The summed E-state index contributed by atoms with van der Waals surface area (Å²) >= 11 is 0. The Morgan fingerprint density at radius 3 is 2.35 bits per heavy atom. The molecule has 1 fully saturated rings. The third kappa shape index (κ3) is 3.32. The number of allylic oxidation sites excluding steroid dienone is 1. The van der Waals surface area contributed by atoms with Crippen molar-refractivity contribution >= 4 is 22.9 Å². The quantitative estimate of drug-likeness (QED) is 0.851. The van der Waals surface area contributed by atoms with Crippen LogP contribution in [-0.2, 0) is 0 Å². The van der Waals surface area contributed by atoms with Gasteiger partial charge in [0.25, 0.3) is 5.56 Å². The van der Waals surface area contributed by atoms with E-state index in [0.717, 1.165) is 26.2 Å². The number of nitrogens with zero attached hydrogens (tertiary/aromatic N) is 4. The number of fused-ring (bicyclic) bond motifs is 1. The predicted molar refractivity (Wildman–Crippen MR) is 91.8 cm³/mol. The lowest BCUT2D eigenvalue weighted by molar-refractivity contribution is 0.312. The Morgan fingerprint density at radius 1 is 1.13 bits per heavy atom. The maximum Gasteiger partial charge on any atom is 0.281 e. The van der Waals surface area contributed by atoms with Gasteiger partial charge in [0, 0.05) is 26.2 Å². The fourth-order valence-corrected chi connectivity index (χ4v) is 2.69. The third-order valence-corrected chi connectivity index (χ3v) is 3.96. The number of anilines is 1. The van der Waals surface area contributed by atoms with Gasteiger partial charge in [-0.3, -0.25) is 4.79 Å². The summed E-state index contributed by atoms with van der Waals surface area (Å²) < 4.78 is 0. The number of rotatable bonds is 2. The van der Waals surface area contributed by atoms with Gasteiger partial charge in [0.15, 0.2) is 0 Å². The highest BCUT2D eigenvalue weighted by Crippen LogP contribution is 2.20. The summed E-state index contributed by atoms with van der Waals surface area (Å²) in [7, 11) is 2.07. The van der Waals surface area contributed by atoms with Crippen molar-refractivity contribution in [3.05, 3.63) is 45.9 Å². The molecule has 0 atom stereocenters. The van der Waals surface area contributed by atoms with Crippen LogP contribution in [0.2, 0.25) is 0 Å². The van der Waals surface area contributed by atoms with E-state index in [4.69, 9.17) is 0 Å². The van der Waals surface area contributed by atoms with Crippen LogP contribution in [0.25, 0.3) is 17.1 Å². The molecule has 1 N–H and O–H groups in total. The SMILES string of the molecule is C/C(O)=C/c1c(N2CCN(C)CC2)nc2ccccc2nc1=O. The van der Waals surface area contributed by atoms with E-state index in [9.17, 15) is 9.90 Å². The van der Waals surface area contributed by atoms with Crippen molar-refractivity contribution in [3.63, 3.8) is 0 Å². The minimum atomic E-state index is -0.374. The number of piperazine rings is 1. The lowest BCUT2D eigenvalue weighted by Crippen LogP contribution is -2.45. The van der Waals surface area contributed by atoms with Gasteiger partial charge >= 0.3 is 0 Å². The molecule has 120 valence electrons. The Balaban J connectivity index is 2.24. The van der Waals surface area contributed by atoms with Crippen molar-refractivity contribution in [2.45, 2.75) is 6.92 Å². The molecule has 0 radical (unpaired) electrons. The van der Waals surface area contributed by atoms with E-state index >= 15 is 0 Å². The Morgan fingerprint density at radius 2 is 1.74 bits per heavy atom. The number of aliphatic hydroxyl groups is 1. The Kier molecular flexibility index (Phi) is 4.25. The van der Waals surface area contributed by atoms with E-state index in [1.54, 1.807) is 13.0 Å². The van der Waals surface area contributed by atoms with Crippen molar-refractivity contribution in [1.29, 1.82) is 0 Å². The topological polar surface area (TPSA) is 69.6 Å². The molecule has 3 rings (SSSR count). The van der Waals surface area contributed by atoms with Crippen LogP contribution in [0.3, 0.4) is 0 Å². The first-order chi connectivity index (χ1) is 11.0. The molecular formula is C17H20N4O2. The van der Waals surface area contributed by atoms with Gasteiger partial charge in [-0.25, -0.2) is 9.97 Å². The van der Waals surface area contributed by atoms with E-state index in [-0.39, 0.29) is 11.3 Å². The second-order valence-electron chi connectivity index (χ2n) is 5.83. The van der Waals surface area contributed by atoms with Crippen LogP contribution < -0.4 is 10.5 Å². The molecule has 1 aromatic heterocycles. The van der Waals surface area contributed by atoms with E-state index in [0.29, 0.717) is 22.4 Å². The first-order valence-corrected chi connectivity index (χ1v) is 7.66.